The minimum Gasteiger partial charge on any atom is -0.353 e. The van der Waals surface area contributed by atoms with Gasteiger partial charge in [0.25, 0.3) is 0 Å². The monoisotopic (exact) mass is 382 g/mol. The summed E-state index contributed by atoms with van der Waals surface area (Å²) in [5.74, 6) is 0. The van der Waals surface area contributed by atoms with Gasteiger partial charge in [-0.25, -0.2) is 0 Å². The molecule has 0 aliphatic carbocycles. The first-order chi connectivity index (χ1) is 10.2. The van der Waals surface area contributed by atoms with E-state index in [4.69, 9.17) is 17.3 Å². The Hall–Kier alpha value is -0.810. The number of unbranched alkanes of at least 4 members (excludes halogenated alkanes) is 1. The molecular weight excluding hydrogens is 368 g/mol. The molecule has 0 unspecified atom stereocenters. The first-order valence-electron chi connectivity index (χ1n) is 6.95. The van der Waals surface area contributed by atoms with Crippen molar-refractivity contribution in [3.8, 4) is 10.6 Å². The second-order valence-corrected chi connectivity index (χ2v) is 7.56. The zero-order chi connectivity index (χ0) is 14.8. The van der Waals surface area contributed by atoms with Gasteiger partial charge in [-0.3, -0.25) is 0 Å². The Labute approximate surface area is 141 Å². The van der Waals surface area contributed by atoms with Crippen molar-refractivity contribution in [1.82, 2.24) is 4.98 Å². The number of hydrogen-bond donors (Lipinski definition) is 2. The average molecular weight is 384 g/mol. The van der Waals surface area contributed by atoms with Gasteiger partial charge in [-0.05, 0) is 65.5 Å². The summed E-state index contributed by atoms with van der Waals surface area (Å²) in [6.07, 6.45) is 3.17. The highest BCUT2D eigenvalue weighted by molar-refractivity contribution is 9.10. The molecule has 3 rings (SSSR count). The van der Waals surface area contributed by atoms with Crippen LogP contribution >= 0.6 is 38.9 Å². The van der Waals surface area contributed by atoms with Crippen LogP contribution in [0.2, 0.25) is 4.34 Å². The van der Waals surface area contributed by atoms with Crippen LogP contribution < -0.4 is 5.73 Å². The van der Waals surface area contributed by atoms with E-state index in [2.05, 4.69) is 45.2 Å². The molecule has 21 heavy (non-hydrogen) atoms. The summed E-state index contributed by atoms with van der Waals surface area (Å²) in [5, 5.41) is 1.28. The van der Waals surface area contributed by atoms with Gasteiger partial charge in [0.05, 0.1) is 20.4 Å². The molecule has 0 saturated carbocycles. The maximum absolute atomic E-state index is 6.10. The minimum atomic E-state index is 0.742. The van der Waals surface area contributed by atoms with Crippen LogP contribution in [-0.4, -0.2) is 11.5 Å². The van der Waals surface area contributed by atoms with Crippen molar-refractivity contribution in [1.29, 1.82) is 0 Å². The van der Waals surface area contributed by atoms with Gasteiger partial charge in [-0.15, -0.1) is 11.3 Å². The number of fused-ring (bicyclic) bond motifs is 1. The van der Waals surface area contributed by atoms with Gasteiger partial charge in [0.15, 0.2) is 0 Å². The third kappa shape index (κ3) is 3.04. The number of rotatable bonds is 5. The quantitative estimate of drug-likeness (QED) is 0.554. The largest absolute Gasteiger partial charge is 0.353 e. The Morgan fingerprint density at radius 1 is 1.19 bits per heavy atom. The zero-order valence-electron chi connectivity index (χ0n) is 11.5. The van der Waals surface area contributed by atoms with E-state index in [0.29, 0.717) is 0 Å². The van der Waals surface area contributed by atoms with Gasteiger partial charge >= 0.3 is 0 Å². The fraction of sp³-hybridized carbons (Fsp3) is 0.250. The summed E-state index contributed by atoms with van der Waals surface area (Å²) in [6.45, 7) is 0.742. The third-order valence-electron chi connectivity index (χ3n) is 3.59. The molecule has 0 aliphatic heterocycles. The molecule has 0 amide bonds. The molecule has 3 N–H and O–H groups in total. The van der Waals surface area contributed by atoms with E-state index in [9.17, 15) is 0 Å². The normalized spacial score (nSPS) is 11.4. The van der Waals surface area contributed by atoms with Crippen molar-refractivity contribution >= 4 is 49.8 Å². The maximum atomic E-state index is 6.10. The van der Waals surface area contributed by atoms with E-state index >= 15 is 0 Å². The fourth-order valence-corrected chi connectivity index (χ4v) is 4.14. The molecule has 2 heterocycles. The molecule has 0 atom stereocenters. The van der Waals surface area contributed by atoms with Crippen molar-refractivity contribution in [2.75, 3.05) is 6.54 Å². The van der Waals surface area contributed by atoms with Crippen molar-refractivity contribution in [3.63, 3.8) is 0 Å². The zero-order valence-corrected chi connectivity index (χ0v) is 14.6. The van der Waals surface area contributed by atoms with Crippen LogP contribution in [0.5, 0.6) is 0 Å². The Balaban J connectivity index is 2.12. The number of benzene rings is 1. The number of para-hydroxylation sites is 1. The van der Waals surface area contributed by atoms with Crippen molar-refractivity contribution < 1.29 is 0 Å². The number of aromatic amines is 1. The molecule has 0 spiro atoms. The van der Waals surface area contributed by atoms with Gasteiger partial charge in [0.2, 0.25) is 0 Å². The standard InChI is InChI=1S/C16H16BrClN2S/c17-12-6-3-5-10-11(4-1-2-9-19)16(20-15(10)12)13-7-8-14(18)21-13/h3,5-8,20H,1-2,4,9,19H2. The first-order valence-corrected chi connectivity index (χ1v) is 8.94. The number of aromatic nitrogens is 1. The van der Waals surface area contributed by atoms with Gasteiger partial charge in [-0.1, -0.05) is 23.7 Å². The van der Waals surface area contributed by atoms with Gasteiger partial charge in [0.1, 0.15) is 0 Å². The molecule has 0 saturated heterocycles. The molecule has 1 aromatic carbocycles. The Bertz CT molecular complexity index is 763. The fourth-order valence-electron chi connectivity index (χ4n) is 2.60. The number of H-pyrrole nitrogens is 1. The molecule has 0 aliphatic rings. The third-order valence-corrected chi connectivity index (χ3v) is 5.50. The number of nitrogens with two attached hydrogens (primary N) is 1. The van der Waals surface area contributed by atoms with Crippen molar-refractivity contribution in [2.24, 2.45) is 5.73 Å². The summed E-state index contributed by atoms with van der Waals surface area (Å²) >= 11 is 11.3. The first kappa shape index (κ1) is 15.1. The van der Waals surface area contributed by atoms with E-state index in [1.54, 1.807) is 11.3 Å². The Morgan fingerprint density at radius 3 is 2.76 bits per heavy atom. The van der Waals surface area contributed by atoms with Crippen molar-refractivity contribution in [3.05, 3.63) is 44.7 Å². The molecule has 2 aromatic heterocycles. The number of nitrogens with one attached hydrogen (secondary N) is 1. The average Bonchev–Trinajstić information content (AvgIpc) is 3.04. The maximum Gasteiger partial charge on any atom is 0.0935 e. The summed E-state index contributed by atoms with van der Waals surface area (Å²) in [4.78, 5) is 4.75. The number of aryl methyl sites for hydroxylation is 1. The number of halogens is 2. The van der Waals surface area contributed by atoms with Gasteiger partial charge in [0, 0.05) is 9.86 Å². The van der Waals surface area contributed by atoms with E-state index < -0.39 is 0 Å². The Morgan fingerprint density at radius 2 is 2.05 bits per heavy atom. The second kappa shape index (κ2) is 6.53. The highest BCUT2D eigenvalue weighted by Crippen LogP contribution is 2.38. The molecule has 3 aromatic rings. The summed E-state index contributed by atoms with van der Waals surface area (Å²) < 4.78 is 1.91. The van der Waals surface area contributed by atoms with Crippen LogP contribution in [0.1, 0.15) is 18.4 Å². The van der Waals surface area contributed by atoms with E-state index in [1.807, 2.05) is 6.07 Å². The smallest absolute Gasteiger partial charge is 0.0935 e. The van der Waals surface area contributed by atoms with Crippen molar-refractivity contribution in [2.45, 2.75) is 19.3 Å². The van der Waals surface area contributed by atoms with Crippen LogP contribution in [0.25, 0.3) is 21.5 Å². The van der Waals surface area contributed by atoms with Crippen LogP contribution in [0.15, 0.2) is 34.8 Å². The lowest BCUT2D eigenvalue weighted by molar-refractivity contribution is 0.748. The second-order valence-electron chi connectivity index (χ2n) is 4.99. The van der Waals surface area contributed by atoms with Crippen LogP contribution in [0.3, 0.4) is 0 Å². The van der Waals surface area contributed by atoms with E-state index in [-0.39, 0.29) is 0 Å². The van der Waals surface area contributed by atoms with Gasteiger partial charge in [-0.2, -0.15) is 0 Å². The molecular formula is C16H16BrClN2S. The van der Waals surface area contributed by atoms with Crippen LogP contribution in [-0.2, 0) is 6.42 Å². The molecule has 0 bridgehead atoms. The topological polar surface area (TPSA) is 41.8 Å². The lowest BCUT2D eigenvalue weighted by Gasteiger charge is -2.03. The molecule has 2 nitrogen and oxygen atoms in total. The molecule has 0 radical (unpaired) electrons. The van der Waals surface area contributed by atoms with E-state index in [0.717, 1.165) is 40.1 Å². The number of thiophene rings is 1. The lowest BCUT2D eigenvalue weighted by Crippen LogP contribution is -1.99. The van der Waals surface area contributed by atoms with Gasteiger partial charge < -0.3 is 10.7 Å². The predicted octanol–water partition coefficient (Wildman–Crippen LogP) is 5.59. The van der Waals surface area contributed by atoms with Crippen LogP contribution in [0, 0.1) is 0 Å². The molecule has 110 valence electrons. The number of hydrogen-bond acceptors (Lipinski definition) is 2. The van der Waals surface area contributed by atoms with Crippen LogP contribution in [0.4, 0.5) is 0 Å². The summed E-state index contributed by atoms with van der Waals surface area (Å²) in [5.41, 5.74) is 9.32. The highest BCUT2D eigenvalue weighted by Gasteiger charge is 2.15. The summed E-state index contributed by atoms with van der Waals surface area (Å²) in [7, 11) is 0. The Kier molecular flexibility index (Phi) is 4.69. The predicted molar refractivity (Wildman–Crippen MR) is 96.3 cm³/mol. The lowest BCUT2D eigenvalue weighted by atomic mass is 10.0. The molecule has 0 fully saturated rings. The minimum absolute atomic E-state index is 0.742. The SMILES string of the molecule is NCCCCc1c(-c2ccc(Cl)s2)[nH]c2c(Br)cccc12. The molecule has 5 heteroatoms. The highest BCUT2D eigenvalue weighted by atomic mass is 79.9. The van der Waals surface area contributed by atoms with E-state index in [1.165, 1.54) is 21.5 Å². The summed E-state index contributed by atoms with van der Waals surface area (Å²) in [6, 6.07) is 10.3.